The van der Waals surface area contributed by atoms with E-state index in [0.717, 1.165) is 18.4 Å². The van der Waals surface area contributed by atoms with Crippen LogP contribution in [-0.4, -0.2) is 39.9 Å². The number of rotatable bonds is 8. The second-order valence-electron chi connectivity index (χ2n) is 7.79. The molecule has 0 N–H and O–H groups in total. The molecule has 0 bridgehead atoms. The Bertz CT molecular complexity index is 1280. The first kappa shape index (κ1) is 23.5. The molecule has 0 aromatic heterocycles. The van der Waals surface area contributed by atoms with Crippen molar-refractivity contribution in [2.75, 3.05) is 24.1 Å². The van der Waals surface area contributed by atoms with Crippen LogP contribution in [-0.2, 0) is 21.2 Å². The average Bonchev–Trinajstić information content (AvgIpc) is 2.87. The monoisotopic (exact) mass is 479 g/mol. The number of sulfonamides is 1. The Kier molecular flexibility index (Phi) is 6.98. The summed E-state index contributed by atoms with van der Waals surface area (Å²) in [6.45, 7) is 2.37. The summed E-state index contributed by atoms with van der Waals surface area (Å²) >= 11 is 0. The second-order valence-corrected chi connectivity index (χ2v) is 9.65. The summed E-state index contributed by atoms with van der Waals surface area (Å²) in [5.41, 5.74) is 2.25. The Balaban J connectivity index is 1.41. The Labute approximate surface area is 199 Å². The van der Waals surface area contributed by atoms with Gasteiger partial charge in [0.1, 0.15) is 5.75 Å². The minimum Gasteiger partial charge on any atom is -0.494 e. The van der Waals surface area contributed by atoms with Gasteiger partial charge in [0.15, 0.2) is 12.4 Å². The van der Waals surface area contributed by atoms with Crippen molar-refractivity contribution < 1.29 is 27.5 Å². The van der Waals surface area contributed by atoms with Crippen LogP contribution in [0.5, 0.6) is 5.75 Å². The molecule has 1 aliphatic heterocycles. The summed E-state index contributed by atoms with van der Waals surface area (Å²) in [7, 11) is -3.77. The maximum Gasteiger partial charge on any atom is 0.338 e. The molecule has 4 rings (SSSR count). The molecule has 7 nitrogen and oxygen atoms in total. The van der Waals surface area contributed by atoms with Gasteiger partial charge in [-0.15, -0.1) is 0 Å². The summed E-state index contributed by atoms with van der Waals surface area (Å²) in [5, 5.41) is 0. The number of nitrogens with zero attached hydrogens (tertiary/aromatic N) is 1. The van der Waals surface area contributed by atoms with Gasteiger partial charge in [0, 0.05) is 12.1 Å². The van der Waals surface area contributed by atoms with Crippen molar-refractivity contribution in [3.8, 4) is 5.75 Å². The molecule has 0 unspecified atom stereocenters. The third-order valence-electron chi connectivity index (χ3n) is 5.57. The van der Waals surface area contributed by atoms with Crippen molar-refractivity contribution in [1.29, 1.82) is 0 Å². The number of benzene rings is 3. The molecule has 8 heteroatoms. The lowest BCUT2D eigenvalue weighted by Crippen LogP contribution is -2.35. The first-order chi connectivity index (χ1) is 16.4. The van der Waals surface area contributed by atoms with E-state index in [4.69, 9.17) is 9.47 Å². The molecule has 0 saturated carbocycles. The Morgan fingerprint density at radius 3 is 2.29 bits per heavy atom. The highest BCUT2D eigenvalue weighted by Crippen LogP contribution is 2.31. The zero-order valence-corrected chi connectivity index (χ0v) is 19.6. The van der Waals surface area contributed by atoms with E-state index in [-0.39, 0.29) is 16.2 Å². The number of hydrogen-bond acceptors (Lipinski definition) is 6. The minimum atomic E-state index is -3.77. The predicted molar refractivity (Wildman–Crippen MR) is 128 cm³/mol. The fraction of sp³-hybridized carbons (Fsp3) is 0.231. The summed E-state index contributed by atoms with van der Waals surface area (Å²) in [6.07, 6.45) is 1.57. The quantitative estimate of drug-likeness (QED) is 0.354. The number of fused-ring (bicyclic) bond motifs is 1. The van der Waals surface area contributed by atoms with Gasteiger partial charge in [-0.25, -0.2) is 13.2 Å². The highest BCUT2D eigenvalue weighted by Gasteiger charge is 2.29. The Morgan fingerprint density at radius 1 is 0.912 bits per heavy atom. The summed E-state index contributed by atoms with van der Waals surface area (Å²) in [4.78, 5) is 24.8. The van der Waals surface area contributed by atoms with Gasteiger partial charge in [0.25, 0.3) is 10.0 Å². The van der Waals surface area contributed by atoms with Crippen LogP contribution in [0, 0.1) is 0 Å². The van der Waals surface area contributed by atoms with Crippen LogP contribution >= 0.6 is 0 Å². The number of ketones is 1. The molecule has 3 aromatic carbocycles. The summed E-state index contributed by atoms with van der Waals surface area (Å²) in [6, 6.07) is 19.6. The highest BCUT2D eigenvalue weighted by atomic mass is 32.2. The fourth-order valence-corrected chi connectivity index (χ4v) is 5.38. The van der Waals surface area contributed by atoms with Gasteiger partial charge in [-0.2, -0.15) is 0 Å². The number of ether oxygens (including phenoxy) is 2. The van der Waals surface area contributed by atoms with E-state index in [9.17, 15) is 18.0 Å². The van der Waals surface area contributed by atoms with Crippen LogP contribution in [0.2, 0.25) is 0 Å². The molecule has 0 fully saturated rings. The molecule has 0 atom stereocenters. The van der Waals surface area contributed by atoms with Crippen molar-refractivity contribution in [3.63, 3.8) is 0 Å². The first-order valence-corrected chi connectivity index (χ1v) is 12.5. The Morgan fingerprint density at radius 2 is 1.59 bits per heavy atom. The highest BCUT2D eigenvalue weighted by molar-refractivity contribution is 7.92. The number of esters is 1. The van der Waals surface area contributed by atoms with Crippen LogP contribution in [0.3, 0.4) is 0 Å². The van der Waals surface area contributed by atoms with Gasteiger partial charge in [-0.05, 0) is 79.9 Å². The van der Waals surface area contributed by atoms with Gasteiger partial charge in [0.2, 0.25) is 0 Å². The largest absolute Gasteiger partial charge is 0.494 e. The molecule has 0 spiro atoms. The molecule has 176 valence electrons. The molecule has 34 heavy (non-hydrogen) atoms. The van der Waals surface area contributed by atoms with Crippen LogP contribution in [0.4, 0.5) is 5.69 Å². The zero-order chi connectivity index (χ0) is 24.1. The van der Waals surface area contributed by atoms with Gasteiger partial charge in [-0.3, -0.25) is 9.10 Å². The van der Waals surface area contributed by atoms with E-state index >= 15 is 0 Å². The molecular weight excluding hydrogens is 454 g/mol. The van der Waals surface area contributed by atoms with E-state index < -0.39 is 22.6 Å². The van der Waals surface area contributed by atoms with E-state index in [0.29, 0.717) is 30.2 Å². The maximum absolute atomic E-state index is 13.2. The number of carbonyl (C=O) groups is 2. The number of carbonyl (C=O) groups excluding carboxylic acids is 2. The topological polar surface area (TPSA) is 90.0 Å². The van der Waals surface area contributed by atoms with E-state index in [1.165, 1.54) is 28.6 Å². The molecule has 0 amide bonds. The van der Waals surface area contributed by atoms with Crippen molar-refractivity contribution in [3.05, 3.63) is 89.5 Å². The van der Waals surface area contributed by atoms with E-state index in [1.54, 1.807) is 30.3 Å². The third kappa shape index (κ3) is 4.97. The van der Waals surface area contributed by atoms with E-state index in [1.807, 2.05) is 25.1 Å². The van der Waals surface area contributed by atoms with Gasteiger partial charge in [0.05, 0.1) is 22.8 Å². The van der Waals surface area contributed by atoms with Crippen molar-refractivity contribution in [2.45, 2.75) is 24.7 Å². The Hall–Kier alpha value is -3.65. The number of anilines is 1. The summed E-state index contributed by atoms with van der Waals surface area (Å²) in [5.74, 6) is -0.398. The van der Waals surface area contributed by atoms with E-state index in [2.05, 4.69) is 0 Å². The van der Waals surface area contributed by atoms with Gasteiger partial charge < -0.3 is 9.47 Å². The van der Waals surface area contributed by atoms with Crippen molar-refractivity contribution in [1.82, 2.24) is 0 Å². The fourth-order valence-electron chi connectivity index (χ4n) is 3.84. The molecule has 0 radical (unpaired) electrons. The van der Waals surface area contributed by atoms with Gasteiger partial charge >= 0.3 is 5.97 Å². The number of para-hydroxylation sites is 1. The zero-order valence-electron chi connectivity index (χ0n) is 18.8. The molecule has 3 aromatic rings. The standard InChI is InChI=1S/C26H25NO6S/c1-2-32-22-13-9-20(10-14-22)25(28)18-33-26(29)21-11-15-23(16-12-21)34(30,31)27-17-5-7-19-6-3-4-8-24(19)27/h3-4,6,8-16H,2,5,7,17-18H2,1H3. The third-order valence-corrected chi connectivity index (χ3v) is 7.39. The van der Waals surface area contributed by atoms with Crippen molar-refractivity contribution >= 4 is 27.5 Å². The van der Waals surface area contributed by atoms with Gasteiger partial charge in [-0.1, -0.05) is 18.2 Å². The van der Waals surface area contributed by atoms with Crippen molar-refractivity contribution in [2.24, 2.45) is 0 Å². The molecule has 1 aliphatic rings. The average molecular weight is 480 g/mol. The lowest BCUT2D eigenvalue weighted by molar-refractivity contribution is 0.0474. The van der Waals surface area contributed by atoms with Crippen LogP contribution < -0.4 is 9.04 Å². The van der Waals surface area contributed by atoms with Crippen LogP contribution in [0.25, 0.3) is 0 Å². The lowest BCUT2D eigenvalue weighted by Gasteiger charge is -2.30. The number of aryl methyl sites for hydroxylation is 1. The maximum atomic E-state index is 13.2. The molecular formula is C26H25NO6S. The lowest BCUT2D eigenvalue weighted by atomic mass is 10.0. The SMILES string of the molecule is CCOc1ccc(C(=O)COC(=O)c2ccc(S(=O)(=O)N3CCCc4ccccc43)cc2)cc1. The number of hydrogen-bond donors (Lipinski definition) is 0. The second kappa shape index (κ2) is 10.1. The molecule has 0 saturated heterocycles. The smallest absolute Gasteiger partial charge is 0.338 e. The van der Waals surface area contributed by atoms with Crippen LogP contribution in [0.1, 0.15) is 39.6 Å². The number of Topliss-reactive ketones (excluding diaryl/α,β-unsaturated/α-hetero) is 1. The normalized spacial score (nSPS) is 13.1. The molecule has 1 heterocycles. The summed E-state index contributed by atoms with van der Waals surface area (Å²) < 4.78 is 38.3. The first-order valence-electron chi connectivity index (χ1n) is 11.0. The minimum absolute atomic E-state index is 0.0891. The predicted octanol–water partition coefficient (Wildman–Crippen LogP) is 4.27. The molecule has 0 aliphatic carbocycles. The van der Waals surface area contributed by atoms with Crippen LogP contribution in [0.15, 0.2) is 77.7 Å².